The molecular formula is C132H80N12OS3. The Balaban J connectivity index is 0.0000000978. The van der Waals surface area contributed by atoms with Crippen LogP contribution in [0, 0.1) is 0 Å². The number of fused-ring (bicyclic) bond motifs is 22. The summed E-state index contributed by atoms with van der Waals surface area (Å²) in [6.45, 7) is 0. The van der Waals surface area contributed by atoms with Crippen molar-refractivity contribution < 1.29 is 4.42 Å². The number of aromatic nitrogens is 12. The second-order valence-corrected chi connectivity index (χ2v) is 39.6. The third kappa shape index (κ3) is 16.7. The summed E-state index contributed by atoms with van der Waals surface area (Å²) in [5.74, 6) is 8.01. The summed E-state index contributed by atoms with van der Waals surface area (Å²) >= 11 is 5.52. The van der Waals surface area contributed by atoms with E-state index in [-0.39, 0.29) is 0 Å². The number of furan rings is 1. The van der Waals surface area contributed by atoms with Gasteiger partial charge in [0.2, 0.25) is 0 Å². The molecule has 0 unspecified atom stereocenters. The minimum absolute atomic E-state index is 0.633. The summed E-state index contributed by atoms with van der Waals surface area (Å²) in [5.41, 5.74) is 13.4. The first-order valence-corrected chi connectivity index (χ1v) is 51.5. The number of hydrogen-bond donors (Lipinski definition) is 0. The first-order chi connectivity index (χ1) is 73.3. The number of thiophene rings is 3. The number of benzene rings is 22. The van der Waals surface area contributed by atoms with Gasteiger partial charge in [-0.05, 0) is 137 Å². The lowest BCUT2D eigenvalue weighted by Crippen LogP contribution is -2.00. The molecule has 13 nitrogen and oxygen atoms in total. The van der Waals surface area contributed by atoms with Gasteiger partial charge in [-0.2, -0.15) is 0 Å². The summed E-state index contributed by atoms with van der Waals surface area (Å²) in [7, 11) is 0. The van der Waals surface area contributed by atoms with Gasteiger partial charge in [-0.25, -0.2) is 59.8 Å². The number of nitrogens with zero attached hydrogens (tertiary/aromatic N) is 12. The van der Waals surface area contributed by atoms with Gasteiger partial charge in [0, 0.05) is 138 Å². The van der Waals surface area contributed by atoms with Crippen LogP contribution in [0.25, 0.3) is 284 Å². The van der Waals surface area contributed by atoms with Crippen molar-refractivity contribution in [3.05, 3.63) is 485 Å². The number of hydrogen-bond acceptors (Lipinski definition) is 16. The van der Waals surface area contributed by atoms with Gasteiger partial charge in [0.15, 0.2) is 69.9 Å². The Morgan fingerprint density at radius 1 is 0.128 bits per heavy atom. The van der Waals surface area contributed by atoms with Gasteiger partial charge in [0.25, 0.3) is 0 Å². The Morgan fingerprint density at radius 3 is 0.872 bits per heavy atom. The van der Waals surface area contributed by atoms with Crippen LogP contribution in [0.2, 0.25) is 0 Å². The smallest absolute Gasteiger partial charge is 0.164 e. The fourth-order valence-electron chi connectivity index (χ4n) is 20.1. The van der Waals surface area contributed by atoms with Gasteiger partial charge in [-0.1, -0.05) is 413 Å². The predicted molar refractivity (Wildman–Crippen MR) is 616 cm³/mol. The second kappa shape index (κ2) is 38.0. The van der Waals surface area contributed by atoms with Crippen molar-refractivity contribution in [2.45, 2.75) is 0 Å². The lowest BCUT2D eigenvalue weighted by molar-refractivity contribution is 0.669. The Labute approximate surface area is 860 Å². The summed E-state index contributed by atoms with van der Waals surface area (Å²) < 4.78 is 14.0. The third-order valence-corrected chi connectivity index (χ3v) is 30.7. The topological polar surface area (TPSA) is 168 Å². The number of rotatable bonds is 12. The lowest BCUT2D eigenvalue weighted by Gasteiger charge is -2.12. The van der Waals surface area contributed by atoms with Crippen molar-refractivity contribution in [1.82, 2.24) is 59.8 Å². The molecule has 148 heavy (non-hydrogen) atoms. The summed E-state index contributed by atoms with van der Waals surface area (Å²) in [4.78, 5) is 59.1. The molecule has 0 fully saturated rings. The number of para-hydroxylation sites is 1. The average molecular weight is 1950 g/mol. The van der Waals surface area contributed by atoms with Gasteiger partial charge in [-0.15, -0.1) is 34.0 Å². The van der Waals surface area contributed by atoms with Crippen molar-refractivity contribution in [3.63, 3.8) is 0 Å². The molecule has 16 heteroatoms. The van der Waals surface area contributed by atoms with Crippen LogP contribution in [0.15, 0.2) is 490 Å². The first-order valence-electron chi connectivity index (χ1n) is 49.0. The lowest BCUT2D eigenvalue weighted by atomic mass is 9.98. The molecule has 0 aliphatic heterocycles. The molecular weight excluding hydrogens is 1870 g/mol. The van der Waals surface area contributed by atoms with E-state index in [0.717, 1.165) is 110 Å². The fourth-order valence-corrected chi connectivity index (χ4v) is 23.5. The molecule has 8 aromatic heterocycles. The maximum atomic E-state index is 6.19. The van der Waals surface area contributed by atoms with E-state index in [4.69, 9.17) is 64.2 Å². The van der Waals surface area contributed by atoms with E-state index < -0.39 is 0 Å². The van der Waals surface area contributed by atoms with Gasteiger partial charge >= 0.3 is 0 Å². The normalized spacial score (nSPS) is 11.5. The molecule has 22 aromatic carbocycles. The minimum Gasteiger partial charge on any atom is -0.456 e. The molecule has 0 atom stereocenters. The van der Waals surface area contributed by atoms with E-state index >= 15 is 0 Å². The Morgan fingerprint density at radius 2 is 0.419 bits per heavy atom. The first kappa shape index (κ1) is 87.9. The molecule has 0 bridgehead atoms. The molecule has 0 N–H and O–H groups in total. The van der Waals surface area contributed by atoms with Crippen molar-refractivity contribution in [2.75, 3.05) is 0 Å². The van der Waals surface area contributed by atoms with E-state index in [1.165, 1.54) is 104 Å². The largest absolute Gasteiger partial charge is 0.456 e. The van der Waals surface area contributed by atoms with Crippen molar-refractivity contribution >= 4 is 181 Å². The van der Waals surface area contributed by atoms with Crippen molar-refractivity contribution in [3.8, 4) is 137 Å². The Kier molecular flexibility index (Phi) is 22.5. The minimum atomic E-state index is 0.633. The average Bonchev–Trinajstić information content (AvgIpc) is 1.57. The van der Waals surface area contributed by atoms with E-state index in [1.807, 2.05) is 265 Å². The maximum Gasteiger partial charge on any atom is 0.164 e. The van der Waals surface area contributed by atoms with E-state index in [0.29, 0.717) is 69.9 Å². The van der Waals surface area contributed by atoms with Crippen molar-refractivity contribution in [2.24, 2.45) is 0 Å². The third-order valence-electron chi connectivity index (χ3n) is 27.3. The molecule has 0 saturated carbocycles. The predicted octanol–water partition coefficient (Wildman–Crippen LogP) is 35.4. The van der Waals surface area contributed by atoms with E-state index in [9.17, 15) is 0 Å². The van der Waals surface area contributed by atoms with Crippen LogP contribution in [-0.4, -0.2) is 59.8 Å². The molecule has 8 heterocycles. The molecule has 0 amide bonds. The maximum absolute atomic E-state index is 6.19. The van der Waals surface area contributed by atoms with Crippen LogP contribution < -0.4 is 0 Å². The van der Waals surface area contributed by atoms with Gasteiger partial charge < -0.3 is 4.42 Å². The van der Waals surface area contributed by atoms with Crippen LogP contribution >= 0.6 is 34.0 Å². The molecule has 0 spiro atoms. The van der Waals surface area contributed by atoms with Crippen LogP contribution in [0.5, 0.6) is 0 Å². The van der Waals surface area contributed by atoms with Crippen molar-refractivity contribution in [1.29, 1.82) is 0 Å². The molecule has 0 aliphatic carbocycles. The molecule has 30 rings (SSSR count). The van der Waals surface area contributed by atoms with Crippen LogP contribution in [0.1, 0.15) is 0 Å². The Bertz CT molecular complexity index is 10100. The zero-order valence-corrected chi connectivity index (χ0v) is 81.6. The van der Waals surface area contributed by atoms with Gasteiger partial charge in [-0.3, -0.25) is 0 Å². The zero-order chi connectivity index (χ0) is 97.9. The molecule has 0 aliphatic rings. The summed E-state index contributed by atoms with van der Waals surface area (Å²) in [6, 6.07) is 167. The van der Waals surface area contributed by atoms with Crippen LogP contribution in [0.3, 0.4) is 0 Å². The Hall–Kier alpha value is -19.1. The van der Waals surface area contributed by atoms with E-state index in [1.54, 1.807) is 0 Å². The quantitative estimate of drug-likeness (QED) is 0.106. The SMILES string of the molecule is c1ccc(-c2nc(-c3ccc4cc5c(cc4c3)oc3ccccc35)nc(-c3cccc4c3ccc3ccccc34)n2)cc1.c1ccc(-c2nc(-c3ccccc3)nc(-c3ccc4c(ccc5sc6ccccc6c54)c3)n2)cc1.c1ccc(-c2nc(-c3ccccc3)nc(-c3ccc4ccc5sc6ccccc6c5c4c3)n2)cc1.c1ccc(-c2nc(-c3ccccc3)nc(-c3cccc4c3ccc3sc5ccccc5c34)n2)cc1. The summed E-state index contributed by atoms with van der Waals surface area (Å²) in [6.07, 6.45) is 0. The standard InChI is InChI=1S/C39H23N3O.3C31H19N3S/c1-2-10-25(11-3-1)37-40-38(27-18-17-26-22-34-32-13-6-7-16-35(32)43-36(34)23-28(26)21-27)42-39(41-37)33-15-8-14-30-29-12-5-4-9-24(29)19-20-31(30)33;1-3-10-20(11-4-1)29-32-30(21-12-5-2-6-13-21)34-31(33-29)24-16-9-15-23-22(24)18-19-27-28(23)25-14-7-8-17-26(25)35-27;1-3-9-20(10-4-1)29-32-30(21-11-5-2-6-12-21)34-31(33-29)23-15-17-24-22(19-23)16-18-27-28(24)25-13-7-8-14-26(25)35-27;1-3-9-21(10-4-1)29-32-30(22-11-5-2-6-12-22)34-31(33-29)23-16-15-20-17-18-27-28(25(20)19-23)24-13-7-8-14-26(24)35-27/h1-23H;3*1-19H. The highest BCUT2D eigenvalue weighted by Gasteiger charge is 2.24. The summed E-state index contributed by atoms with van der Waals surface area (Å²) in [5, 5.41) is 24.2. The molecule has 692 valence electrons. The monoisotopic (exact) mass is 1940 g/mol. The molecule has 0 saturated heterocycles. The van der Waals surface area contributed by atoms with Crippen LogP contribution in [0.4, 0.5) is 0 Å². The van der Waals surface area contributed by atoms with Gasteiger partial charge in [0.1, 0.15) is 11.2 Å². The second-order valence-electron chi connectivity index (χ2n) is 36.4. The highest BCUT2D eigenvalue weighted by atomic mass is 32.1. The van der Waals surface area contributed by atoms with Crippen LogP contribution in [-0.2, 0) is 0 Å². The molecule has 0 radical (unpaired) electrons. The zero-order valence-electron chi connectivity index (χ0n) is 79.2. The molecule has 30 aromatic rings. The van der Waals surface area contributed by atoms with Gasteiger partial charge in [0.05, 0.1) is 0 Å². The fraction of sp³-hybridized carbons (Fsp3) is 0. The van der Waals surface area contributed by atoms with E-state index in [2.05, 4.69) is 255 Å². The highest BCUT2D eigenvalue weighted by molar-refractivity contribution is 7.27. The highest BCUT2D eigenvalue weighted by Crippen LogP contribution is 2.46.